The average molecular weight is 959 g/mol. The van der Waals surface area contributed by atoms with Crippen molar-refractivity contribution < 1.29 is 32.8 Å². The molecule has 0 amide bonds. The molecule has 2 atom stereocenters. The molecular formula is C57H116NO7P. The third-order valence-corrected chi connectivity index (χ3v) is 14.5. The Labute approximate surface area is 411 Å². The molecule has 2 unspecified atom stereocenters. The zero-order valence-electron chi connectivity index (χ0n) is 44.5. The second-order valence-corrected chi connectivity index (χ2v) is 21.7. The third kappa shape index (κ3) is 54.4. The van der Waals surface area contributed by atoms with Crippen molar-refractivity contribution in [3.63, 3.8) is 0 Å². The third-order valence-electron chi connectivity index (χ3n) is 13.5. The van der Waals surface area contributed by atoms with E-state index in [4.69, 9.17) is 24.3 Å². The molecule has 0 saturated carbocycles. The van der Waals surface area contributed by atoms with Gasteiger partial charge < -0.3 is 20.1 Å². The topological polar surface area (TPSA) is 117 Å². The highest BCUT2D eigenvalue weighted by atomic mass is 31.2. The lowest BCUT2D eigenvalue weighted by molar-refractivity contribution is -0.154. The van der Waals surface area contributed by atoms with E-state index in [0.717, 1.165) is 32.1 Å². The van der Waals surface area contributed by atoms with Crippen LogP contribution in [0.2, 0.25) is 0 Å². The van der Waals surface area contributed by atoms with Crippen LogP contribution in [0.1, 0.15) is 322 Å². The predicted octanol–water partition coefficient (Wildman–Crippen LogP) is 18.8. The molecule has 9 heteroatoms. The Hall–Kier alpha value is -0.500. The first-order valence-electron chi connectivity index (χ1n) is 29.5. The smallest absolute Gasteiger partial charge is 0.457 e. The molecule has 0 aromatic rings. The van der Waals surface area contributed by atoms with Gasteiger partial charge in [-0.3, -0.25) is 13.8 Å². The number of phosphoric ester groups is 1. The molecule has 0 heterocycles. The zero-order valence-corrected chi connectivity index (χ0v) is 45.4. The quantitative estimate of drug-likeness (QED) is 0.0352. The molecule has 396 valence electrons. The highest BCUT2D eigenvalue weighted by molar-refractivity contribution is 7.47. The molecule has 3 N–H and O–H groups in total. The van der Waals surface area contributed by atoms with Crippen molar-refractivity contribution in [3.05, 3.63) is 0 Å². The van der Waals surface area contributed by atoms with E-state index in [1.807, 2.05) is 0 Å². The molecule has 8 nitrogen and oxygen atoms in total. The van der Waals surface area contributed by atoms with E-state index >= 15 is 0 Å². The number of ether oxygens (including phenoxy) is 2. The summed E-state index contributed by atoms with van der Waals surface area (Å²) in [5, 5.41) is 0. The Morgan fingerprint density at radius 1 is 0.394 bits per heavy atom. The van der Waals surface area contributed by atoms with Crippen molar-refractivity contribution in [1.82, 2.24) is 0 Å². The first-order valence-corrected chi connectivity index (χ1v) is 31.0. The Balaban J connectivity index is 3.80. The van der Waals surface area contributed by atoms with E-state index in [0.29, 0.717) is 13.0 Å². The monoisotopic (exact) mass is 958 g/mol. The van der Waals surface area contributed by atoms with Gasteiger partial charge in [-0.1, -0.05) is 303 Å². The zero-order chi connectivity index (χ0) is 48.0. The molecule has 66 heavy (non-hydrogen) atoms. The van der Waals surface area contributed by atoms with E-state index in [-0.39, 0.29) is 32.3 Å². The summed E-state index contributed by atoms with van der Waals surface area (Å²) < 4.78 is 33.7. The van der Waals surface area contributed by atoms with Crippen LogP contribution >= 0.6 is 7.82 Å². The number of esters is 1. The number of hydrogen-bond donors (Lipinski definition) is 2. The molecule has 0 aromatic carbocycles. The maximum Gasteiger partial charge on any atom is 0.472 e. The van der Waals surface area contributed by atoms with Crippen LogP contribution in [0.4, 0.5) is 0 Å². The van der Waals surface area contributed by atoms with Gasteiger partial charge in [0.25, 0.3) is 0 Å². The van der Waals surface area contributed by atoms with Gasteiger partial charge in [0.15, 0.2) is 0 Å². The Bertz CT molecular complexity index is 986. The summed E-state index contributed by atoms with van der Waals surface area (Å²) in [6.45, 7) is 5.03. The van der Waals surface area contributed by atoms with Crippen LogP contribution < -0.4 is 5.73 Å². The highest BCUT2D eigenvalue weighted by Gasteiger charge is 2.25. The maximum atomic E-state index is 12.7. The second-order valence-electron chi connectivity index (χ2n) is 20.2. The minimum atomic E-state index is -4.28. The van der Waals surface area contributed by atoms with Gasteiger partial charge in [-0.25, -0.2) is 4.57 Å². The van der Waals surface area contributed by atoms with Gasteiger partial charge in [-0.05, 0) is 12.8 Å². The molecule has 0 bridgehead atoms. The number of rotatable bonds is 58. The molecule has 0 aliphatic carbocycles. The van der Waals surface area contributed by atoms with Gasteiger partial charge >= 0.3 is 13.8 Å². The normalized spacial score (nSPS) is 13.1. The Kier molecular flexibility index (Phi) is 55.0. The van der Waals surface area contributed by atoms with Crippen molar-refractivity contribution in [3.8, 4) is 0 Å². The van der Waals surface area contributed by atoms with E-state index in [1.54, 1.807) is 0 Å². The fourth-order valence-corrected chi connectivity index (χ4v) is 9.95. The molecule has 0 rings (SSSR count). The van der Waals surface area contributed by atoms with Crippen molar-refractivity contribution in [2.24, 2.45) is 5.73 Å². The van der Waals surface area contributed by atoms with Crippen molar-refractivity contribution in [2.75, 3.05) is 33.0 Å². The van der Waals surface area contributed by atoms with E-state index in [9.17, 15) is 14.3 Å². The molecule has 0 aliphatic heterocycles. The summed E-state index contributed by atoms with van der Waals surface area (Å²) in [5.74, 6) is -0.318. The fourth-order valence-electron chi connectivity index (χ4n) is 9.18. The maximum absolute atomic E-state index is 12.7. The van der Waals surface area contributed by atoms with Crippen LogP contribution in [0.3, 0.4) is 0 Å². The van der Waals surface area contributed by atoms with Gasteiger partial charge in [-0.2, -0.15) is 0 Å². The van der Waals surface area contributed by atoms with Gasteiger partial charge in [0, 0.05) is 19.6 Å². The Morgan fingerprint density at radius 2 is 0.667 bits per heavy atom. The average Bonchev–Trinajstić information content (AvgIpc) is 3.31. The van der Waals surface area contributed by atoms with E-state index in [2.05, 4.69) is 13.8 Å². The highest BCUT2D eigenvalue weighted by Crippen LogP contribution is 2.43. The number of carbonyl (C=O) groups is 1. The van der Waals surface area contributed by atoms with Crippen LogP contribution in [0, 0.1) is 0 Å². The lowest BCUT2D eigenvalue weighted by atomic mass is 10.0. The number of unbranched alkanes of at least 4 members (excludes halogenated alkanes) is 45. The standard InChI is InChI=1S/C57H116NO7P/c1-3-5-7-9-11-13-15-17-19-21-23-25-27-28-29-31-33-35-37-39-41-43-45-47-49-52-62-54-56(55-64-66(60,61)63-53-51-58)65-57(59)50-48-46-44-42-40-38-36-34-32-30-26-24-22-20-18-16-14-12-10-8-6-4-2/h56H,3-55,58H2,1-2H3,(H,60,61). The van der Waals surface area contributed by atoms with Crippen LogP contribution in [-0.2, 0) is 27.9 Å². The summed E-state index contributed by atoms with van der Waals surface area (Å²) in [7, 11) is -4.28. The summed E-state index contributed by atoms with van der Waals surface area (Å²) in [4.78, 5) is 22.7. The second kappa shape index (κ2) is 55.4. The van der Waals surface area contributed by atoms with Crippen LogP contribution in [-0.4, -0.2) is 49.9 Å². The Morgan fingerprint density at radius 3 is 0.955 bits per heavy atom. The van der Waals surface area contributed by atoms with Gasteiger partial charge in [0.1, 0.15) is 6.10 Å². The first-order chi connectivity index (χ1) is 32.4. The predicted molar refractivity (Wildman–Crippen MR) is 284 cm³/mol. The summed E-state index contributed by atoms with van der Waals surface area (Å²) >= 11 is 0. The molecule has 0 saturated heterocycles. The molecule has 0 fully saturated rings. The largest absolute Gasteiger partial charge is 0.472 e. The number of carbonyl (C=O) groups excluding carboxylic acids is 1. The molecule has 0 spiro atoms. The number of phosphoric acid groups is 1. The lowest BCUT2D eigenvalue weighted by Crippen LogP contribution is -2.28. The minimum Gasteiger partial charge on any atom is -0.457 e. The van der Waals surface area contributed by atoms with Crippen LogP contribution in [0.5, 0.6) is 0 Å². The van der Waals surface area contributed by atoms with Gasteiger partial charge in [0.05, 0.1) is 19.8 Å². The van der Waals surface area contributed by atoms with Crippen molar-refractivity contribution in [2.45, 2.75) is 328 Å². The molecule has 0 aromatic heterocycles. The lowest BCUT2D eigenvalue weighted by Gasteiger charge is -2.20. The van der Waals surface area contributed by atoms with E-state index < -0.39 is 13.9 Å². The van der Waals surface area contributed by atoms with Crippen molar-refractivity contribution >= 4 is 13.8 Å². The van der Waals surface area contributed by atoms with Crippen molar-refractivity contribution in [1.29, 1.82) is 0 Å². The van der Waals surface area contributed by atoms with E-state index in [1.165, 1.54) is 270 Å². The summed E-state index contributed by atoms with van der Waals surface area (Å²) in [6.07, 6.45) is 63.1. The minimum absolute atomic E-state index is 0.0895. The van der Waals surface area contributed by atoms with Gasteiger partial charge in [-0.15, -0.1) is 0 Å². The number of nitrogens with two attached hydrogens (primary N) is 1. The fraction of sp³-hybridized carbons (Fsp3) is 0.982. The van der Waals surface area contributed by atoms with Crippen LogP contribution in [0.15, 0.2) is 0 Å². The number of hydrogen-bond acceptors (Lipinski definition) is 7. The molecule has 0 radical (unpaired) electrons. The first kappa shape index (κ1) is 65.5. The molecule has 0 aliphatic rings. The van der Waals surface area contributed by atoms with Crippen LogP contribution in [0.25, 0.3) is 0 Å². The van der Waals surface area contributed by atoms with Gasteiger partial charge in [0.2, 0.25) is 0 Å². The molecular weight excluding hydrogens is 842 g/mol. The SMILES string of the molecule is CCCCCCCCCCCCCCCCCCCCCCCCCCCOCC(COP(=O)(O)OCCN)OC(=O)CCCCCCCCCCCCCCCCCCCCCCCC. The summed E-state index contributed by atoms with van der Waals surface area (Å²) in [6, 6.07) is 0. The summed E-state index contributed by atoms with van der Waals surface area (Å²) in [5.41, 5.74) is 5.41.